The summed E-state index contributed by atoms with van der Waals surface area (Å²) in [6.07, 6.45) is 4.34. The van der Waals surface area contributed by atoms with E-state index in [1.165, 1.54) is 0 Å². The topological polar surface area (TPSA) is 49.8 Å². The molecule has 0 spiro atoms. The Morgan fingerprint density at radius 3 is 2.64 bits per heavy atom. The highest BCUT2D eigenvalue weighted by Crippen LogP contribution is 2.11. The van der Waals surface area contributed by atoms with E-state index in [1.54, 1.807) is 0 Å². The Bertz CT molecular complexity index is 312. The number of nitriles is 1. The van der Waals surface area contributed by atoms with Crippen molar-refractivity contribution in [3.63, 3.8) is 0 Å². The van der Waals surface area contributed by atoms with Crippen molar-refractivity contribution in [1.29, 1.82) is 5.26 Å². The van der Waals surface area contributed by atoms with Gasteiger partial charge in [-0.3, -0.25) is 0 Å². The predicted octanol–water partition coefficient (Wildman–Crippen LogP) is 2.23. The second-order valence-electron chi connectivity index (χ2n) is 3.37. The molecule has 0 aliphatic heterocycles. The second-order valence-corrected chi connectivity index (χ2v) is 3.37. The van der Waals surface area contributed by atoms with E-state index < -0.39 is 0 Å². The van der Waals surface area contributed by atoms with Crippen molar-refractivity contribution in [1.82, 2.24) is 0 Å². The van der Waals surface area contributed by atoms with Gasteiger partial charge in [0, 0.05) is 0 Å². The molecule has 2 heteroatoms. The number of rotatable bonds is 5. The number of hydrogen-bond donors (Lipinski definition) is 1. The van der Waals surface area contributed by atoms with Gasteiger partial charge >= 0.3 is 0 Å². The summed E-state index contributed by atoms with van der Waals surface area (Å²) in [5.41, 5.74) is 7.38. The van der Waals surface area contributed by atoms with Gasteiger partial charge in [-0.05, 0) is 37.4 Å². The van der Waals surface area contributed by atoms with Crippen LogP contribution >= 0.6 is 0 Å². The van der Waals surface area contributed by atoms with E-state index in [0.717, 1.165) is 43.4 Å². The lowest BCUT2D eigenvalue weighted by molar-refractivity contribution is 0.686. The third-order valence-corrected chi connectivity index (χ3v) is 2.29. The molecule has 2 N–H and O–H groups in total. The summed E-state index contributed by atoms with van der Waals surface area (Å²) in [6, 6.07) is 10.0. The van der Waals surface area contributed by atoms with Crippen LogP contribution in [-0.4, -0.2) is 6.54 Å². The van der Waals surface area contributed by atoms with Crippen molar-refractivity contribution in [2.45, 2.75) is 25.7 Å². The molecule has 1 aromatic carbocycles. The normalized spacial score (nSPS) is 9.71. The number of aryl methyl sites for hydroxylation is 1. The van der Waals surface area contributed by atoms with Gasteiger partial charge in [-0.1, -0.05) is 24.6 Å². The number of hydrogen-bond acceptors (Lipinski definition) is 2. The number of nitrogens with zero attached hydrogens (tertiary/aromatic N) is 1. The summed E-state index contributed by atoms with van der Waals surface area (Å²) in [5, 5.41) is 8.85. The van der Waals surface area contributed by atoms with E-state index in [-0.39, 0.29) is 0 Å². The lowest BCUT2D eigenvalue weighted by Gasteiger charge is -2.02. The summed E-state index contributed by atoms with van der Waals surface area (Å²) in [5.74, 6) is 0. The lowest BCUT2D eigenvalue weighted by Crippen LogP contribution is -1.98. The Labute approximate surface area is 85.4 Å². The molecule has 0 fully saturated rings. The first-order valence-corrected chi connectivity index (χ1v) is 5.06. The first-order valence-electron chi connectivity index (χ1n) is 5.06. The zero-order chi connectivity index (χ0) is 10.2. The fourth-order valence-electron chi connectivity index (χ4n) is 1.48. The van der Waals surface area contributed by atoms with Crippen LogP contribution in [0.1, 0.15) is 30.4 Å². The minimum atomic E-state index is 0.764. The maximum absolute atomic E-state index is 8.85. The number of benzene rings is 1. The van der Waals surface area contributed by atoms with Crippen LogP contribution in [-0.2, 0) is 6.42 Å². The van der Waals surface area contributed by atoms with E-state index in [1.807, 2.05) is 24.3 Å². The molecule has 0 aromatic heterocycles. The highest BCUT2D eigenvalue weighted by atomic mass is 14.5. The van der Waals surface area contributed by atoms with Crippen LogP contribution in [0.5, 0.6) is 0 Å². The molecule has 0 saturated carbocycles. The quantitative estimate of drug-likeness (QED) is 0.720. The smallest absolute Gasteiger partial charge is 0.0994 e. The number of nitrogens with two attached hydrogens (primary N) is 1. The Kier molecular flexibility index (Phi) is 4.74. The molecule has 74 valence electrons. The van der Waals surface area contributed by atoms with Gasteiger partial charge in [0.05, 0.1) is 11.6 Å². The molecular weight excluding hydrogens is 172 g/mol. The Balaban J connectivity index is 2.46. The maximum atomic E-state index is 8.85. The summed E-state index contributed by atoms with van der Waals surface area (Å²) in [4.78, 5) is 0. The molecule has 0 heterocycles. The summed E-state index contributed by atoms with van der Waals surface area (Å²) < 4.78 is 0. The van der Waals surface area contributed by atoms with Crippen molar-refractivity contribution in [2.75, 3.05) is 6.54 Å². The second kappa shape index (κ2) is 6.17. The van der Waals surface area contributed by atoms with Crippen LogP contribution in [0.25, 0.3) is 0 Å². The summed E-state index contributed by atoms with van der Waals surface area (Å²) in [6.45, 7) is 0.764. The lowest BCUT2D eigenvalue weighted by atomic mass is 10.0. The van der Waals surface area contributed by atoms with E-state index in [2.05, 4.69) is 6.07 Å². The highest BCUT2D eigenvalue weighted by Gasteiger charge is 1.99. The molecule has 0 unspecified atom stereocenters. The van der Waals surface area contributed by atoms with E-state index >= 15 is 0 Å². The van der Waals surface area contributed by atoms with Crippen molar-refractivity contribution in [2.24, 2.45) is 5.73 Å². The fourth-order valence-corrected chi connectivity index (χ4v) is 1.48. The van der Waals surface area contributed by atoms with Crippen LogP contribution in [0.15, 0.2) is 24.3 Å². The third kappa shape index (κ3) is 3.20. The zero-order valence-electron chi connectivity index (χ0n) is 8.37. The van der Waals surface area contributed by atoms with Gasteiger partial charge in [0.25, 0.3) is 0 Å². The van der Waals surface area contributed by atoms with Gasteiger partial charge in [0.2, 0.25) is 0 Å². The molecule has 0 aliphatic carbocycles. The molecule has 0 bridgehead atoms. The van der Waals surface area contributed by atoms with Gasteiger partial charge in [-0.15, -0.1) is 0 Å². The first kappa shape index (κ1) is 10.7. The molecule has 0 radical (unpaired) electrons. The minimum absolute atomic E-state index is 0.764. The molecule has 1 rings (SSSR count). The minimum Gasteiger partial charge on any atom is -0.330 e. The molecular formula is C12H16N2. The molecule has 0 saturated heterocycles. The van der Waals surface area contributed by atoms with Gasteiger partial charge in [-0.2, -0.15) is 5.26 Å². The molecule has 0 amide bonds. The van der Waals surface area contributed by atoms with Gasteiger partial charge in [0.15, 0.2) is 0 Å². The van der Waals surface area contributed by atoms with Crippen LogP contribution in [0.2, 0.25) is 0 Å². The van der Waals surface area contributed by atoms with Gasteiger partial charge in [-0.25, -0.2) is 0 Å². The molecule has 0 atom stereocenters. The van der Waals surface area contributed by atoms with Crippen molar-refractivity contribution in [3.05, 3.63) is 35.4 Å². The average molecular weight is 188 g/mol. The van der Waals surface area contributed by atoms with Crippen LogP contribution in [0.3, 0.4) is 0 Å². The van der Waals surface area contributed by atoms with Crippen molar-refractivity contribution < 1.29 is 0 Å². The van der Waals surface area contributed by atoms with E-state index in [9.17, 15) is 0 Å². The molecule has 14 heavy (non-hydrogen) atoms. The highest BCUT2D eigenvalue weighted by molar-refractivity contribution is 5.37. The zero-order valence-corrected chi connectivity index (χ0v) is 8.37. The van der Waals surface area contributed by atoms with Crippen molar-refractivity contribution >= 4 is 0 Å². The SMILES string of the molecule is N#Cc1ccccc1CCCCCN. The van der Waals surface area contributed by atoms with E-state index in [0.29, 0.717) is 0 Å². The van der Waals surface area contributed by atoms with Crippen molar-refractivity contribution in [3.8, 4) is 6.07 Å². The van der Waals surface area contributed by atoms with Gasteiger partial charge < -0.3 is 5.73 Å². The van der Waals surface area contributed by atoms with E-state index in [4.69, 9.17) is 11.0 Å². The first-order chi connectivity index (χ1) is 6.88. The maximum Gasteiger partial charge on any atom is 0.0994 e. The third-order valence-electron chi connectivity index (χ3n) is 2.29. The fraction of sp³-hybridized carbons (Fsp3) is 0.417. The van der Waals surface area contributed by atoms with Crippen LogP contribution in [0, 0.1) is 11.3 Å². The Hall–Kier alpha value is -1.33. The van der Waals surface area contributed by atoms with Crippen LogP contribution in [0.4, 0.5) is 0 Å². The Morgan fingerprint density at radius 1 is 1.14 bits per heavy atom. The monoisotopic (exact) mass is 188 g/mol. The molecule has 2 nitrogen and oxygen atoms in total. The predicted molar refractivity (Wildman–Crippen MR) is 57.8 cm³/mol. The Morgan fingerprint density at radius 2 is 1.93 bits per heavy atom. The van der Waals surface area contributed by atoms with Crippen LogP contribution < -0.4 is 5.73 Å². The summed E-state index contributed by atoms with van der Waals surface area (Å²) in [7, 11) is 0. The summed E-state index contributed by atoms with van der Waals surface area (Å²) >= 11 is 0. The standard InChI is InChI=1S/C12H16N2/c13-9-5-1-2-6-11-7-3-4-8-12(11)10-14/h3-4,7-8H,1-2,5-6,9,13H2. The van der Waals surface area contributed by atoms with Gasteiger partial charge in [0.1, 0.15) is 0 Å². The molecule has 0 aliphatic rings. The largest absolute Gasteiger partial charge is 0.330 e. The molecule has 1 aromatic rings. The number of unbranched alkanes of at least 4 members (excludes halogenated alkanes) is 2. The average Bonchev–Trinajstić information content (AvgIpc) is 2.25.